The highest BCUT2D eigenvalue weighted by molar-refractivity contribution is 7.92. The van der Waals surface area contributed by atoms with Crippen LogP contribution in [-0.2, 0) is 29.0 Å². The number of fused-ring (bicyclic) bond motifs is 1. The fourth-order valence-electron chi connectivity index (χ4n) is 10.2. The lowest BCUT2D eigenvalue weighted by atomic mass is 9.70. The molecule has 0 bridgehead atoms. The summed E-state index contributed by atoms with van der Waals surface area (Å²) in [5.41, 5.74) is -2.13. The van der Waals surface area contributed by atoms with Crippen molar-refractivity contribution in [2.75, 3.05) is 12.3 Å². The third-order valence-corrected chi connectivity index (χ3v) is 18.1. The first-order valence-electron chi connectivity index (χ1n) is 21.0. The van der Waals surface area contributed by atoms with Crippen molar-refractivity contribution in [3.63, 3.8) is 0 Å². The van der Waals surface area contributed by atoms with Crippen LogP contribution in [0.3, 0.4) is 0 Å². The zero-order chi connectivity index (χ0) is 39.5. The summed E-state index contributed by atoms with van der Waals surface area (Å²) in [6.07, 6.45) is 12.4. The summed E-state index contributed by atoms with van der Waals surface area (Å²) >= 11 is 0. The van der Waals surface area contributed by atoms with E-state index in [0.29, 0.717) is 32.2 Å². The van der Waals surface area contributed by atoms with E-state index in [1.54, 1.807) is 18.7 Å². The predicted octanol–water partition coefficient (Wildman–Crippen LogP) is 4.94. The Hall–Kier alpha value is -2.70. The largest absolute Gasteiger partial charge is 0.347 e. The molecular formula is C41H67N5O7S. The summed E-state index contributed by atoms with van der Waals surface area (Å²) in [5.74, 6) is -2.12. The Morgan fingerprint density at radius 1 is 0.833 bits per heavy atom. The lowest BCUT2D eigenvalue weighted by Crippen LogP contribution is -2.65. The van der Waals surface area contributed by atoms with Gasteiger partial charge in [-0.1, -0.05) is 86.0 Å². The van der Waals surface area contributed by atoms with Crippen molar-refractivity contribution in [2.45, 2.75) is 186 Å². The van der Waals surface area contributed by atoms with E-state index in [-0.39, 0.29) is 40.4 Å². The van der Waals surface area contributed by atoms with Gasteiger partial charge in [0.25, 0.3) is 5.91 Å². The molecule has 0 aromatic heterocycles. The number of carbonyl (C=O) groups is 5. The Morgan fingerprint density at radius 3 is 1.98 bits per heavy atom. The van der Waals surface area contributed by atoms with E-state index in [0.717, 1.165) is 77.0 Å². The number of hydrogen-bond acceptors (Lipinski definition) is 7. The number of Topliss-reactive ketones (excluding diaryl/α,β-unsaturated/α-hetero) is 1. The number of carbonyl (C=O) groups excluding carboxylic acids is 5. The first-order valence-corrected chi connectivity index (χ1v) is 22.6. The zero-order valence-electron chi connectivity index (χ0n) is 33.9. The minimum Gasteiger partial charge on any atom is -0.347 e. The quantitative estimate of drug-likeness (QED) is 0.171. The van der Waals surface area contributed by atoms with Crippen LogP contribution >= 0.6 is 0 Å². The Balaban J connectivity index is 1.26. The van der Waals surface area contributed by atoms with Crippen LogP contribution in [0.1, 0.15) is 151 Å². The SMILES string of the molecule is CCC(C)(C)S(=O)(=O)CC1(NC(=O)N[C@H](C(=O)N2CC3(C)C(C2C(=O)NC(CC2CC2)C(=O)C(=O)NC2CC2)C3(C)C)C2(C)CCCCC2)CCCCC1. The van der Waals surface area contributed by atoms with E-state index in [9.17, 15) is 27.6 Å². The molecular weight excluding hydrogens is 707 g/mol. The summed E-state index contributed by atoms with van der Waals surface area (Å²) in [5, 5.41) is 12.0. The lowest BCUT2D eigenvalue weighted by molar-refractivity contribution is -0.146. The molecule has 6 rings (SSSR count). The van der Waals surface area contributed by atoms with Gasteiger partial charge in [0, 0.05) is 18.5 Å². The average molecular weight is 774 g/mol. The number of nitrogens with one attached hydrogen (secondary N) is 4. The molecule has 1 aliphatic heterocycles. The van der Waals surface area contributed by atoms with E-state index in [1.165, 1.54) is 0 Å². The molecule has 5 atom stereocenters. The third-order valence-electron chi connectivity index (χ3n) is 15.2. The average Bonchev–Trinajstić information content (AvgIpc) is 4.07. The van der Waals surface area contributed by atoms with E-state index in [4.69, 9.17) is 0 Å². The van der Waals surface area contributed by atoms with Gasteiger partial charge in [-0.15, -0.1) is 0 Å². The van der Waals surface area contributed by atoms with Gasteiger partial charge in [-0.3, -0.25) is 19.2 Å². The number of urea groups is 1. The highest BCUT2D eigenvalue weighted by atomic mass is 32.2. The Bertz CT molecular complexity index is 1610. The Morgan fingerprint density at radius 2 is 1.43 bits per heavy atom. The van der Waals surface area contributed by atoms with Crippen molar-refractivity contribution >= 4 is 39.4 Å². The van der Waals surface area contributed by atoms with Gasteiger partial charge in [0.2, 0.25) is 17.6 Å². The van der Waals surface area contributed by atoms with E-state index >= 15 is 4.79 Å². The first kappa shape index (κ1) is 40.9. The van der Waals surface area contributed by atoms with Crippen molar-refractivity contribution in [3.8, 4) is 0 Å². The van der Waals surface area contributed by atoms with Crippen LogP contribution in [0.2, 0.25) is 0 Å². The number of piperidine rings is 1. The van der Waals surface area contributed by atoms with Crippen molar-refractivity contribution in [1.82, 2.24) is 26.2 Å². The maximum absolute atomic E-state index is 15.1. The zero-order valence-corrected chi connectivity index (χ0v) is 34.7. The molecule has 4 N–H and O–H groups in total. The normalized spacial score (nSPS) is 29.6. The van der Waals surface area contributed by atoms with Crippen molar-refractivity contribution in [3.05, 3.63) is 0 Å². The van der Waals surface area contributed by atoms with Crippen molar-refractivity contribution in [2.24, 2.45) is 28.1 Å². The number of ketones is 1. The number of hydrogen-bond donors (Lipinski definition) is 4. The fourth-order valence-corrected chi connectivity index (χ4v) is 12.1. The molecule has 6 aliphatic rings. The van der Waals surface area contributed by atoms with E-state index < -0.39 is 67.3 Å². The molecule has 6 fully saturated rings. The second-order valence-electron chi connectivity index (χ2n) is 19.8. The highest BCUT2D eigenvalue weighted by Crippen LogP contribution is 2.74. The van der Waals surface area contributed by atoms with Crippen LogP contribution in [0.4, 0.5) is 4.79 Å². The molecule has 54 heavy (non-hydrogen) atoms. The molecule has 0 radical (unpaired) electrons. The van der Waals surface area contributed by atoms with E-state index in [1.807, 2.05) is 13.8 Å². The second-order valence-corrected chi connectivity index (χ2v) is 22.5. The fraction of sp³-hybridized carbons (Fsp3) is 0.878. The molecule has 5 saturated carbocycles. The molecule has 0 aromatic rings. The van der Waals surface area contributed by atoms with Gasteiger partial charge in [-0.05, 0) is 87.4 Å². The summed E-state index contributed by atoms with van der Waals surface area (Å²) in [4.78, 5) is 71.8. The molecule has 304 valence electrons. The van der Waals surface area contributed by atoms with Gasteiger partial charge >= 0.3 is 6.03 Å². The molecule has 5 amide bonds. The molecule has 5 aliphatic carbocycles. The minimum atomic E-state index is -3.58. The molecule has 13 heteroatoms. The van der Waals surface area contributed by atoms with Crippen LogP contribution in [0.25, 0.3) is 0 Å². The van der Waals surface area contributed by atoms with Gasteiger partial charge in [0.15, 0.2) is 9.84 Å². The van der Waals surface area contributed by atoms with Gasteiger partial charge in [0.1, 0.15) is 12.1 Å². The maximum atomic E-state index is 15.1. The van der Waals surface area contributed by atoms with Gasteiger partial charge in [0.05, 0.1) is 22.1 Å². The molecule has 0 spiro atoms. The van der Waals surface area contributed by atoms with Crippen molar-refractivity contribution in [1.29, 1.82) is 0 Å². The standard InChI is InChI=1S/C41H67N5O7S/c1-8-37(2,3)54(52,53)25-41(21-13-10-14-22-41)45-36(51)44-32(39(6)19-11-9-12-20-39)35(50)46-24-40(7)31(38(40,4)5)29(46)33(48)43-28(23-26-15-16-26)30(47)34(49)42-27-17-18-27/h26-29,31-32H,8-25H2,1-7H3,(H,42,49)(H,43,48)(H2,44,45,51)/t28?,29?,31?,32-,40?/m1/s1. The molecule has 1 saturated heterocycles. The first-order chi connectivity index (χ1) is 25.2. The third kappa shape index (κ3) is 7.95. The van der Waals surface area contributed by atoms with Crippen LogP contribution in [0, 0.1) is 28.1 Å². The summed E-state index contributed by atoms with van der Waals surface area (Å²) < 4.78 is 26.5. The molecule has 0 aromatic carbocycles. The number of rotatable bonds is 15. The van der Waals surface area contributed by atoms with Crippen molar-refractivity contribution < 1.29 is 32.4 Å². The number of likely N-dealkylation sites (tertiary alicyclic amines) is 1. The summed E-state index contributed by atoms with van der Waals surface area (Å²) in [7, 11) is -3.58. The van der Waals surface area contributed by atoms with Crippen LogP contribution in [0.15, 0.2) is 0 Å². The topological polar surface area (TPSA) is 171 Å². The maximum Gasteiger partial charge on any atom is 0.315 e. The molecule has 1 heterocycles. The number of nitrogens with zero attached hydrogens (tertiary/aromatic N) is 1. The Kier molecular flexibility index (Phi) is 11.1. The predicted molar refractivity (Wildman–Crippen MR) is 207 cm³/mol. The lowest BCUT2D eigenvalue weighted by Gasteiger charge is -2.44. The van der Waals surface area contributed by atoms with Gasteiger partial charge in [-0.2, -0.15) is 0 Å². The van der Waals surface area contributed by atoms with Crippen LogP contribution < -0.4 is 21.3 Å². The van der Waals surface area contributed by atoms with Gasteiger partial charge < -0.3 is 26.2 Å². The second kappa shape index (κ2) is 14.7. The Labute approximate surface area is 323 Å². The highest BCUT2D eigenvalue weighted by Gasteiger charge is 2.77. The monoisotopic (exact) mass is 773 g/mol. The summed E-state index contributed by atoms with van der Waals surface area (Å²) in [6.45, 7) is 14.0. The number of amides is 5. The number of sulfone groups is 1. The molecule has 12 nitrogen and oxygen atoms in total. The smallest absolute Gasteiger partial charge is 0.315 e. The van der Waals surface area contributed by atoms with Gasteiger partial charge in [-0.25, -0.2) is 13.2 Å². The van der Waals surface area contributed by atoms with Crippen LogP contribution in [0.5, 0.6) is 0 Å². The minimum absolute atomic E-state index is 0.0120. The van der Waals surface area contributed by atoms with Crippen LogP contribution in [-0.4, -0.2) is 89.6 Å². The summed E-state index contributed by atoms with van der Waals surface area (Å²) in [6, 6.07) is -3.33. The molecule has 4 unspecified atom stereocenters. The van der Waals surface area contributed by atoms with E-state index in [2.05, 4.69) is 42.0 Å².